The van der Waals surface area contributed by atoms with Gasteiger partial charge in [0, 0.05) is 31.4 Å². The molecule has 27 heavy (non-hydrogen) atoms. The molecule has 1 amide bonds. The Morgan fingerprint density at radius 2 is 2.00 bits per heavy atom. The van der Waals surface area contributed by atoms with Gasteiger partial charge in [0.1, 0.15) is 12.1 Å². The molecule has 2 heterocycles. The Hall–Kier alpha value is -2.96. The van der Waals surface area contributed by atoms with E-state index in [0.717, 1.165) is 29.1 Å². The van der Waals surface area contributed by atoms with Crippen LogP contribution in [0.3, 0.4) is 0 Å². The second-order valence-corrected chi connectivity index (χ2v) is 6.56. The Morgan fingerprint density at radius 1 is 1.22 bits per heavy atom. The average molecular weight is 367 g/mol. The van der Waals surface area contributed by atoms with E-state index in [4.69, 9.17) is 4.74 Å². The van der Waals surface area contributed by atoms with Gasteiger partial charge in [-0.15, -0.1) is 0 Å². The van der Waals surface area contributed by atoms with Gasteiger partial charge in [-0.05, 0) is 44.4 Å². The quantitative estimate of drug-likeness (QED) is 0.572. The SMILES string of the molecule is Cc1nc2ncnn2c(C)c1CCC(=O)N(C)CCCOc1ccccc1. The van der Waals surface area contributed by atoms with Gasteiger partial charge < -0.3 is 9.64 Å². The van der Waals surface area contributed by atoms with Crippen LogP contribution in [0.5, 0.6) is 5.75 Å². The van der Waals surface area contributed by atoms with Crippen LogP contribution in [0.15, 0.2) is 36.7 Å². The van der Waals surface area contributed by atoms with Crippen LogP contribution < -0.4 is 4.74 Å². The first-order chi connectivity index (χ1) is 13.1. The average Bonchev–Trinajstić information content (AvgIpc) is 3.14. The fraction of sp³-hybridized carbons (Fsp3) is 0.400. The van der Waals surface area contributed by atoms with E-state index in [1.165, 1.54) is 6.33 Å². The number of carbonyl (C=O) groups is 1. The standard InChI is InChI=1S/C20H25N5O2/c1-15-18(16(2)25-20(23-15)21-14-22-25)10-11-19(26)24(3)12-7-13-27-17-8-5-4-6-9-17/h4-6,8-9,14H,7,10-13H2,1-3H3. The molecule has 0 aliphatic rings. The molecule has 0 saturated carbocycles. The topological polar surface area (TPSA) is 72.6 Å². The van der Waals surface area contributed by atoms with Crippen LogP contribution in [-0.4, -0.2) is 50.6 Å². The van der Waals surface area contributed by atoms with Crippen molar-refractivity contribution in [3.63, 3.8) is 0 Å². The number of carbonyl (C=O) groups excluding carboxylic acids is 1. The fourth-order valence-corrected chi connectivity index (χ4v) is 3.07. The number of amides is 1. The number of aryl methyl sites for hydroxylation is 2. The third-order valence-electron chi connectivity index (χ3n) is 4.65. The molecule has 7 heteroatoms. The second kappa shape index (κ2) is 8.62. The van der Waals surface area contributed by atoms with Gasteiger partial charge in [0.25, 0.3) is 5.78 Å². The lowest BCUT2D eigenvalue weighted by Crippen LogP contribution is -2.29. The lowest BCUT2D eigenvalue weighted by Gasteiger charge is -2.18. The van der Waals surface area contributed by atoms with Crippen molar-refractivity contribution < 1.29 is 9.53 Å². The van der Waals surface area contributed by atoms with Crippen molar-refractivity contribution in [3.8, 4) is 5.75 Å². The highest BCUT2D eigenvalue weighted by Gasteiger charge is 2.14. The van der Waals surface area contributed by atoms with Gasteiger partial charge in [-0.1, -0.05) is 18.2 Å². The number of aromatic nitrogens is 4. The van der Waals surface area contributed by atoms with E-state index in [1.54, 1.807) is 9.42 Å². The lowest BCUT2D eigenvalue weighted by atomic mass is 10.1. The van der Waals surface area contributed by atoms with Crippen LogP contribution in [0.1, 0.15) is 29.8 Å². The van der Waals surface area contributed by atoms with Crippen molar-refractivity contribution in [2.24, 2.45) is 0 Å². The molecule has 142 valence electrons. The molecule has 0 aliphatic heterocycles. The Balaban J connectivity index is 1.47. The molecule has 3 rings (SSSR count). The van der Waals surface area contributed by atoms with Crippen molar-refractivity contribution in [1.82, 2.24) is 24.5 Å². The Labute approximate surface area is 159 Å². The normalized spacial score (nSPS) is 10.9. The minimum Gasteiger partial charge on any atom is -0.494 e. The summed E-state index contributed by atoms with van der Waals surface area (Å²) in [5.74, 6) is 1.57. The van der Waals surface area contributed by atoms with Crippen LogP contribution in [0.2, 0.25) is 0 Å². The fourth-order valence-electron chi connectivity index (χ4n) is 3.07. The van der Waals surface area contributed by atoms with Crippen molar-refractivity contribution in [2.45, 2.75) is 33.1 Å². The van der Waals surface area contributed by atoms with Gasteiger partial charge in [-0.3, -0.25) is 4.79 Å². The van der Waals surface area contributed by atoms with Crippen LogP contribution in [-0.2, 0) is 11.2 Å². The summed E-state index contributed by atoms with van der Waals surface area (Å²) < 4.78 is 7.39. The maximum absolute atomic E-state index is 12.4. The van der Waals surface area contributed by atoms with Crippen LogP contribution >= 0.6 is 0 Å². The molecular formula is C20H25N5O2. The van der Waals surface area contributed by atoms with E-state index >= 15 is 0 Å². The monoisotopic (exact) mass is 367 g/mol. The molecule has 1 aromatic carbocycles. The second-order valence-electron chi connectivity index (χ2n) is 6.56. The summed E-state index contributed by atoms with van der Waals surface area (Å²) in [7, 11) is 1.84. The minimum absolute atomic E-state index is 0.118. The number of nitrogens with zero attached hydrogens (tertiary/aromatic N) is 5. The first-order valence-electron chi connectivity index (χ1n) is 9.14. The summed E-state index contributed by atoms with van der Waals surface area (Å²) >= 11 is 0. The summed E-state index contributed by atoms with van der Waals surface area (Å²) in [6, 6.07) is 9.71. The van der Waals surface area contributed by atoms with E-state index < -0.39 is 0 Å². The minimum atomic E-state index is 0.118. The summed E-state index contributed by atoms with van der Waals surface area (Å²) in [6.45, 7) is 5.20. The summed E-state index contributed by atoms with van der Waals surface area (Å²) in [5.41, 5.74) is 2.95. The largest absolute Gasteiger partial charge is 0.494 e. The molecule has 0 fully saturated rings. The van der Waals surface area contributed by atoms with Gasteiger partial charge in [0.15, 0.2) is 0 Å². The zero-order valence-electron chi connectivity index (χ0n) is 16.1. The van der Waals surface area contributed by atoms with Crippen molar-refractivity contribution in [3.05, 3.63) is 53.6 Å². The number of fused-ring (bicyclic) bond motifs is 1. The highest BCUT2D eigenvalue weighted by atomic mass is 16.5. The number of hydrogen-bond acceptors (Lipinski definition) is 5. The van der Waals surface area contributed by atoms with E-state index in [2.05, 4.69) is 15.1 Å². The predicted molar refractivity (Wildman–Crippen MR) is 103 cm³/mol. The lowest BCUT2D eigenvalue weighted by molar-refractivity contribution is -0.129. The summed E-state index contributed by atoms with van der Waals surface area (Å²) in [6.07, 6.45) is 3.38. The molecule has 0 N–H and O–H groups in total. The molecular weight excluding hydrogens is 342 g/mol. The van der Waals surface area contributed by atoms with Crippen molar-refractivity contribution in [2.75, 3.05) is 20.2 Å². The smallest absolute Gasteiger partial charge is 0.252 e. The third kappa shape index (κ3) is 4.61. The third-order valence-corrected chi connectivity index (χ3v) is 4.65. The zero-order valence-corrected chi connectivity index (χ0v) is 16.1. The summed E-state index contributed by atoms with van der Waals surface area (Å²) in [5, 5.41) is 4.19. The van der Waals surface area contributed by atoms with Gasteiger partial charge in [-0.25, -0.2) is 9.50 Å². The molecule has 0 spiro atoms. The van der Waals surface area contributed by atoms with E-state index in [9.17, 15) is 4.79 Å². The molecule has 3 aromatic rings. The Kier molecular flexibility index (Phi) is 6.01. The van der Waals surface area contributed by atoms with Gasteiger partial charge >= 0.3 is 0 Å². The number of benzene rings is 1. The van der Waals surface area contributed by atoms with Crippen LogP contribution in [0.25, 0.3) is 5.78 Å². The maximum atomic E-state index is 12.4. The van der Waals surface area contributed by atoms with E-state index in [1.807, 2.05) is 51.2 Å². The van der Waals surface area contributed by atoms with Gasteiger partial charge in [0.2, 0.25) is 5.91 Å². The molecule has 0 bridgehead atoms. The predicted octanol–water partition coefficient (Wildman–Crippen LogP) is 2.60. The van der Waals surface area contributed by atoms with Gasteiger partial charge in [-0.2, -0.15) is 10.1 Å². The van der Waals surface area contributed by atoms with Gasteiger partial charge in [0.05, 0.1) is 6.61 Å². The molecule has 0 radical (unpaired) electrons. The van der Waals surface area contributed by atoms with E-state index in [0.29, 0.717) is 31.8 Å². The van der Waals surface area contributed by atoms with Crippen LogP contribution in [0.4, 0.5) is 0 Å². The first-order valence-corrected chi connectivity index (χ1v) is 9.14. The first kappa shape index (κ1) is 18.8. The number of hydrogen-bond donors (Lipinski definition) is 0. The zero-order chi connectivity index (χ0) is 19.2. The molecule has 0 saturated heterocycles. The summed E-state index contributed by atoms with van der Waals surface area (Å²) in [4.78, 5) is 22.8. The number of ether oxygens (including phenoxy) is 1. The maximum Gasteiger partial charge on any atom is 0.252 e. The highest BCUT2D eigenvalue weighted by molar-refractivity contribution is 5.76. The van der Waals surface area contributed by atoms with E-state index in [-0.39, 0.29) is 5.91 Å². The number of para-hydroxylation sites is 1. The van der Waals surface area contributed by atoms with Crippen molar-refractivity contribution >= 4 is 11.7 Å². The Morgan fingerprint density at radius 3 is 2.78 bits per heavy atom. The Bertz CT molecular complexity index is 907. The molecule has 2 aromatic heterocycles. The molecule has 0 atom stereocenters. The highest BCUT2D eigenvalue weighted by Crippen LogP contribution is 2.15. The molecule has 0 unspecified atom stereocenters. The van der Waals surface area contributed by atoms with Crippen LogP contribution in [0, 0.1) is 13.8 Å². The molecule has 0 aliphatic carbocycles. The van der Waals surface area contributed by atoms with Crippen molar-refractivity contribution in [1.29, 1.82) is 0 Å². The molecule has 7 nitrogen and oxygen atoms in total. The number of rotatable bonds is 8.